The van der Waals surface area contributed by atoms with Gasteiger partial charge in [-0.25, -0.2) is 10.4 Å². The summed E-state index contributed by atoms with van der Waals surface area (Å²) in [5.41, 5.74) is 9.50. The van der Waals surface area contributed by atoms with Gasteiger partial charge in [0.05, 0.1) is 29.8 Å². The maximum atomic E-state index is 14.6. The molecule has 1 saturated heterocycles. The van der Waals surface area contributed by atoms with Crippen LogP contribution in [0.4, 0.5) is 0 Å². The van der Waals surface area contributed by atoms with Crippen LogP contribution in [-0.2, 0) is 41.6 Å². The van der Waals surface area contributed by atoms with Crippen molar-refractivity contribution < 1.29 is 28.6 Å². The van der Waals surface area contributed by atoms with E-state index in [1.54, 1.807) is 13.3 Å². The number of hydrogen-bond donors (Lipinski definition) is 2. The molecule has 1 aliphatic carbocycles. The first-order valence-electron chi connectivity index (χ1n) is 20.1. The van der Waals surface area contributed by atoms with E-state index in [-0.39, 0.29) is 42.3 Å². The number of nitrogens with one attached hydrogen (secondary N) is 2. The monoisotopic (exact) mass is 784 g/mol. The molecule has 3 aliphatic rings. The van der Waals surface area contributed by atoms with Gasteiger partial charge in [-0.15, -0.1) is 11.3 Å². The molecule has 13 heteroatoms. The number of hydrogen-bond acceptors (Lipinski definition) is 10. The summed E-state index contributed by atoms with van der Waals surface area (Å²) in [7, 11) is 1.70. The van der Waals surface area contributed by atoms with Crippen molar-refractivity contribution >= 4 is 40.0 Å². The van der Waals surface area contributed by atoms with Gasteiger partial charge in [0.25, 0.3) is 5.91 Å². The second-order valence-corrected chi connectivity index (χ2v) is 17.4. The average Bonchev–Trinajstić information content (AvgIpc) is 3.49. The first kappa shape index (κ1) is 40.0. The number of rotatable bonds is 9. The Morgan fingerprint density at radius 3 is 2.68 bits per heavy atom. The van der Waals surface area contributed by atoms with Crippen LogP contribution in [-0.4, -0.2) is 76.3 Å². The molecule has 7 atom stereocenters. The number of ether oxygens (including phenoxy) is 3. The van der Waals surface area contributed by atoms with Crippen molar-refractivity contribution in [2.24, 2.45) is 23.2 Å². The van der Waals surface area contributed by atoms with Crippen molar-refractivity contribution in [3.63, 3.8) is 0 Å². The smallest absolute Gasteiger partial charge is 0.324 e. The number of hydrazine groups is 1. The van der Waals surface area contributed by atoms with E-state index in [2.05, 4.69) is 74.2 Å². The molecule has 0 unspecified atom stereocenters. The summed E-state index contributed by atoms with van der Waals surface area (Å²) in [6, 6.07) is 8.72. The van der Waals surface area contributed by atoms with Crippen molar-refractivity contribution in [3.05, 3.63) is 58.2 Å². The molecule has 2 amide bonds. The normalized spacial score (nSPS) is 25.8. The number of carbonyl (C=O) groups is 3. The first-order chi connectivity index (χ1) is 26.9. The SMILES string of the molecule is CCCO[C@@H]1c2nc(cs2)-c2ccc3c(c2)c(c(-c2cccnc2[C@H](C)OC)n3CC)CC(C)(C)COC(=O)[C@@H]2CCCN(N2)C(=O)[C@H]1NC(=O)[C@H]1[C@H](C)[C@@H]1C. The molecule has 2 fully saturated rings. The van der Waals surface area contributed by atoms with Crippen LogP contribution in [0.2, 0.25) is 0 Å². The van der Waals surface area contributed by atoms with Crippen LogP contribution in [0.1, 0.15) is 96.2 Å². The summed E-state index contributed by atoms with van der Waals surface area (Å²) in [6.07, 6.45) is 3.15. The minimum Gasteiger partial charge on any atom is -0.464 e. The fourth-order valence-electron chi connectivity index (χ4n) is 8.39. The zero-order valence-corrected chi connectivity index (χ0v) is 34.7. The number of thiazole rings is 1. The molecule has 0 radical (unpaired) electrons. The van der Waals surface area contributed by atoms with E-state index in [9.17, 15) is 14.4 Å². The molecular weight excluding hydrogens is 729 g/mol. The Bertz CT molecular complexity index is 2090. The number of pyridine rings is 1. The van der Waals surface area contributed by atoms with Gasteiger partial charge < -0.3 is 24.1 Å². The van der Waals surface area contributed by atoms with E-state index < -0.39 is 29.6 Å². The predicted octanol–water partition coefficient (Wildman–Crippen LogP) is 7.03. The lowest BCUT2D eigenvalue weighted by Crippen LogP contribution is -2.61. The Kier molecular flexibility index (Phi) is 11.7. The van der Waals surface area contributed by atoms with Crippen LogP contribution in [0, 0.1) is 23.2 Å². The summed E-state index contributed by atoms with van der Waals surface area (Å²) in [5, 5.41) is 8.25. The van der Waals surface area contributed by atoms with Crippen LogP contribution < -0.4 is 10.7 Å². The van der Waals surface area contributed by atoms with E-state index in [0.29, 0.717) is 43.8 Å². The number of amides is 2. The van der Waals surface area contributed by atoms with Gasteiger partial charge >= 0.3 is 5.97 Å². The van der Waals surface area contributed by atoms with Crippen LogP contribution >= 0.6 is 11.3 Å². The molecule has 1 saturated carbocycles. The third kappa shape index (κ3) is 7.75. The molecule has 7 rings (SSSR count). The average molecular weight is 785 g/mol. The summed E-state index contributed by atoms with van der Waals surface area (Å²) in [4.78, 5) is 52.0. The number of aryl methyl sites for hydroxylation is 1. The molecule has 300 valence electrons. The number of carbonyl (C=O) groups excluding carboxylic acids is 3. The number of benzene rings is 1. The molecular formula is C43H56N6O6S. The quantitative estimate of drug-likeness (QED) is 0.172. The van der Waals surface area contributed by atoms with Crippen molar-refractivity contribution in [1.82, 2.24) is 30.3 Å². The van der Waals surface area contributed by atoms with Crippen LogP contribution in [0.15, 0.2) is 41.9 Å². The minimum atomic E-state index is -1.06. The lowest BCUT2D eigenvalue weighted by atomic mass is 9.84. The van der Waals surface area contributed by atoms with Gasteiger partial charge in [-0.3, -0.25) is 24.4 Å². The number of fused-ring (bicyclic) bond motifs is 6. The Morgan fingerprint density at radius 2 is 1.96 bits per heavy atom. The third-order valence-corrected chi connectivity index (χ3v) is 12.8. The zero-order valence-electron chi connectivity index (χ0n) is 33.9. The van der Waals surface area contributed by atoms with Crippen molar-refractivity contribution in [1.29, 1.82) is 0 Å². The van der Waals surface area contributed by atoms with Crippen LogP contribution in [0.3, 0.4) is 0 Å². The number of aromatic nitrogens is 3. The van der Waals surface area contributed by atoms with Gasteiger partial charge in [0.15, 0.2) is 0 Å². The van der Waals surface area contributed by atoms with Gasteiger partial charge in [-0.2, -0.15) is 0 Å². The molecule has 3 aromatic heterocycles. The van der Waals surface area contributed by atoms with Gasteiger partial charge in [-0.05, 0) is 81.2 Å². The number of esters is 1. The minimum absolute atomic E-state index is 0.170. The zero-order chi connectivity index (χ0) is 39.9. The second kappa shape index (κ2) is 16.4. The van der Waals surface area contributed by atoms with Crippen molar-refractivity contribution in [2.45, 2.75) is 105 Å². The summed E-state index contributed by atoms with van der Waals surface area (Å²) in [6.45, 7) is 16.1. The summed E-state index contributed by atoms with van der Waals surface area (Å²) >= 11 is 1.42. The fourth-order valence-corrected chi connectivity index (χ4v) is 9.30. The maximum absolute atomic E-state index is 14.6. The van der Waals surface area contributed by atoms with E-state index in [0.717, 1.165) is 51.2 Å². The Hall–Kier alpha value is -4.17. The second-order valence-electron chi connectivity index (χ2n) is 16.5. The highest BCUT2D eigenvalue weighted by Crippen LogP contribution is 2.46. The molecule has 12 nitrogen and oxygen atoms in total. The standard InChI is InChI=1S/C43H56N6O6S/c1-9-19-54-38-36(46-39(50)34-24(3)25(34)4)41(51)49-18-12-14-31(47-49)42(52)55-23-43(6,7)21-30-29-20-27(32-22-56-40(38)45-32)15-16-33(29)48(10-2)37(30)28-13-11-17-44-35(28)26(5)53-8/h11,13,15-17,20,22,24-26,31,34,36,38,47H,9-10,12,14,18-19,21,23H2,1-8H3,(H,46,50)/t24-,25+,26-,31-,34+,36-,38-/m0/s1. The van der Waals surface area contributed by atoms with Crippen LogP contribution in [0.25, 0.3) is 33.4 Å². The Morgan fingerprint density at radius 1 is 1.18 bits per heavy atom. The topological polar surface area (TPSA) is 137 Å². The van der Waals surface area contributed by atoms with Gasteiger partial charge in [0.2, 0.25) is 5.91 Å². The van der Waals surface area contributed by atoms with Crippen molar-refractivity contribution in [2.75, 3.05) is 26.9 Å². The van der Waals surface area contributed by atoms with Crippen LogP contribution in [0.5, 0.6) is 0 Å². The largest absolute Gasteiger partial charge is 0.464 e. The lowest BCUT2D eigenvalue weighted by Gasteiger charge is -2.37. The van der Waals surface area contributed by atoms with E-state index in [1.165, 1.54) is 16.3 Å². The number of nitrogens with zero attached hydrogens (tertiary/aromatic N) is 4. The van der Waals surface area contributed by atoms with Gasteiger partial charge in [-0.1, -0.05) is 40.7 Å². The van der Waals surface area contributed by atoms with Gasteiger partial charge in [0.1, 0.15) is 23.2 Å². The van der Waals surface area contributed by atoms with E-state index in [4.69, 9.17) is 24.2 Å². The highest BCUT2D eigenvalue weighted by Gasteiger charge is 2.50. The summed E-state index contributed by atoms with van der Waals surface area (Å²) < 4.78 is 20.7. The molecule has 56 heavy (non-hydrogen) atoms. The highest BCUT2D eigenvalue weighted by molar-refractivity contribution is 7.10. The predicted molar refractivity (Wildman–Crippen MR) is 216 cm³/mol. The first-order valence-corrected chi connectivity index (χ1v) is 21.0. The van der Waals surface area contributed by atoms with E-state index in [1.807, 2.05) is 25.3 Å². The molecule has 1 aromatic carbocycles. The molecule has 2 aliphatic heterocycles. The molecule has 4 aromatic rings. The van der Waals surface area contributed by atoms with E-state index >= 15 is 0 Å². The molecule has 0 spiro atoms. The maximum Gasteiger partial charge on any atom is 0.324 e. The molecule has 5 heterocycles. The lowest BCUT2D eigenvalue weighted by molar-refractivity contribution is -0.157. The fraction of sp³-hybridized carbons (Fsp3) is 0.558. The summed E-state index contributed by atoms with van der Waals surface area (Å²) in [5.74, 6) is -0.696. The Labute approximate surface area is 333 Å². The van der Waals surface area contributed by atoms with Gasteiger partial charge in [0, 0.05) is 71.7 Å². The number of methoxy groups -OCH3 is 1. The third-order valence-electron chi connectivity index (χ3n) is 11.9. The van der Waals surface area contributed by atoms with Crippen molar-refractivity contribution in [3.8, 4) is 22.5 Å². The number of cyclic esters (lactones) is 1. The highest BCUT2D eigenvalue weighted by atomic mass is 32.1. The molecule has 6 bridgehead atoms. The molecule has 2 N–H and O–H groups in total. The Balaban J connectivity index is 1.40.